The monoisotopic (exact) mass is 229 g/mol. The molecule has 0 amide bonds. The van der Waals surface area contributed by atoms with Gasteiger partial charge in [0, 0.05) is 12.4 Å². The predicted octanol–water partition coefficient (Wildman–Crippen LogP) is 0.423. The summed E-state index contributed by atoms with van der Waals surface area (Å²) in [6.45, 7) is 1.02. The van der Waals surface area contributed by atoms with Gasteiger partial charge in [0.15, 0.2) is 5.82 Å². The lowest BCUT2D eigenvalue weighted by molar-refractivity contribution is -0.0613. The molecule has 4 nitrogen and oxygen atoms in total. The quantitative estimate of drug-likeness (QED) is 0.759. The Hall–Kier alpha value is -0.520. The van der Waals surface area contributed by atoms with Gasteiger partial charge in [-0.25, -0.2) is 9.97 Å². The molecular weight excluding hydrogens is 222 g/mol. The van der Waals surface area contributed by atoms with E-state index in [9.17, 15) is 0 Å². The van der Waals surface area contributed by atoms with Crippen LogP contribution >= 0.6 is 15.9 Å². The number of halogens is 1. The Morgan fingerprint density at radius 2 is 2.00 bits per heavy atom. The molecule has 1 fully saturated rings. The van der Waals surface area contributed by atoms with Crippen LogP contribution in [0, 0.1) is 0 Å². The van der Waals surface area contributed by atoms with E-state index in [1.165, 1.54) is 0 Å². The van der Waals surface area contributed by atoms with Gasteiger partial charge >= 0.3 is 0 Å². The minimum Gasteiger partial charge on any atom is -0.376 e. The van der Waals surface area contributed by atoms with Crippen molar-refractivity contribution in [3.8, 4) is 0 Å². The van der Waals surface area contributed by atoms with Gasteiger partial charge in [-0.3, -0.25) is 0 Å². The molecule has 1 aliphatic rings. The van der Waals surface area contributed by atoms with Crippen LogP contribution in [0.2, 0.25) is 0 Å². The van der Waals surface area contributed by atoms with Crippen molar-refractivity contribution in [2.24, 2.45) is 5.73 Å². The summed E-state index contributed by atoms with van der Waals surface area (Å²) in [6.07, 6.45) is 3.38. The fourth-order valence-electron chi connectivity index (χ4n) is 1.02. The topological polar surface area (TPSA) is 61.0 Å². The molecular formula is C7H8BrN3O. The van der Waals surface area contributed by atoms with Crippen molar-refractivity contribution in [1.29, 1.82) is 0 Å². The smallest absolute Gasteiger partial charge is 0.152 e. The fraction of sp³-hybridized carbons (Fsp3) is 0.429. The van der Waals surface area contributed by atoms with E-state index in [0.29, 0.717) is 19.0 Å². The lowest BCUT2D eigenvalue weighted by atomic mass is 9.98. The van der Waals surface area contributed by atoms with Gasteiger partial charge in [-0.2, -0.15) is 0 Å². The molecule has 0 radical (unpaired) electrons. The number of rotatable bonds is 1. The molecule has 0 bridgehead atoms. The second-order valence-electron chi connectivity index (χ2n) is 2.87. The summed E-state index contributed by atoms with van der Waals surface area (Å²) in [5.41, 5.74) is 5.45. The summed E-state index contributed by atoms with van der Waals surface area (Å²) in [5, 5.41) is 0. The number of hydrogen-bond acceptors (Lipinski definition) is 4. The largest absolute Gasteiger partial charge is 0.376 e. The molecule has 0 aliphatic carbocycles. The highest BCUT2D eigenvalue weighted by molar-refractivity contribution is 9.10. The molecule has 5 heteroatoms. The molecule has 2 rings (SSSR count). The van der Waals surface area contributed by atoms with Gasteiger partial charge < -0.3 is 10.5 Å². The molecule has 2 N–H and O–H groups in total. The molecule has 12 heavy (non-hydrogen) atoms. The van der Waals surface area contributed by atoms with Crippen LogP contribution in [0.5, 0.6) is 0 Å². The van der Waals surface area contributed by atoms with Crippen LogP contribution in [-0.4, -0.2) is 23.2 Å². The van der Waals surface area contributed by atoms with E-state index in [4.69, 9.17) is 10.5 Å². The Bertz CT molecular complexity index is 283. The van der Waals surface area contributed by atoms with E-state index in [1.54, 1.807) is 12.4 Å². The number of ether oxygens (including phenoxy) is 1. The number of aromatic nitrogens is 2. The van der Waals surface area contributed by atoms with Crippen LogP contribution in [-0.2, 0) is 10.3 Å². The molecule has 2 heterocycles. The molecule has 1 aromatic heterocycles. The van der Waals surface area contributed by atoms with Crippen molar-refractivity contribution in [1.82, 2.24) is 9.97 Å². The fourth-order valence-corrected chi connectivity index (χ4v) is 1.23. The SMILES string of the molecule is NC1(c2ncc(Br)cn2)COC1. The van der Waals surface area contributed by atoms with Crippen LogP contribution in [0.4, 0.5) is 0 Å². The molecule has 0 spiro atoms. The first-order valence-electron chi connectivity index (χ1n) is 3.55. The van der Waals surface area contributed by atoms with E-state index in [1.807, 2.05) is 0 Å². The van der Waals surface area contributed by atoms with Gasteiger partial charge in [0.05, 0.1) is 17.7 Å². The van der Waals surface area contributed by atoms with Crippen LogP contribution in [0.1, 0.15) is 5.82 Å². The highest BCUT2D eigenvalue weighted by Gasteiger charge is 2.38. The summed E-state index contributed by atoms with van der Waals surface area (Å²) >= 11 is 3.26. The zero-order chi connectivity index (χ0) is 8.60. The molecule has 0 aromatic carbocycles. The van der Waals surface area contributed by atoms with E-state index in [-0.39, 0.29) is 0 Å². The van der Waals surface area contributed by atoms with Crippen molar-refractivity contribution < 1.29 is 4.74 Å². The Kier molecular flexibility index (Phi) is 1.86. The first kappa shape index (κ1) is 8.10. The average molecular weight is 230 g/mol. The van der Waals surface area contributed by atoms with E-state index < -0.39 is 5.54 Å². The Balaban J connectivity index is 2.28. The highest BCUT2D eigenvalue weighted by atomic mass is 79.9. The predicted molar refractivity (Wildman–Crippen MR) is 46.4 cm³/mol. The zero-order valence-corrected chi connectivity index (χ0v) is 7.91. The molecule has 1 aliphatic heterocycles. The zero-order valence-electron chi connectivity index (χ0n) is 6.33. The van der Waals surface area contributed by atoms with E-state index >= 15 is 0 Å². The molecule has 0 atom stereocenters. The summed E-state index contributed by atoms with van der Waals surface area (Å²) in [6, 6.07) is 0. The minimum absolute atomic E-state index is 0.458. The molecule has 1 aromatic rings. The maximum atomic E-state index is 5.91. The lowest BCUT2D eigenvalue weighted by Gasteiger charge is -2.35. The maximum absolute atomic E-state index is 5.91. The molecule has 0 saturated carbocycles. The second-order valence-corrected chi connectivity index (χ2v) is 3.79. The van der Waals surface area contributed by atoms with Crippen molar-refractivity contribution in [2.75, 3.05) is 13.2 Å². The first-order valence-corrected chi connectivity index (χ1v) is 4.35. The summed E-state index contributed by atoms with van der Waals surface area (Å²) in [5.74, 6) is 0.650. The Morgan fingerprint density at radius 1 is 1.42 bits per heavy atom. The number of nitrogens with zero attached hydrogens (tertiary/aromatic N) is 2. The third-order valence-electron chi connectivity index (χ3n) is 1.78. The highest BCUT2D eigenvalue weighted by Crippen LogP contribution is 2.23. The van der Waals surface area contributed by atoms with Gasteiger partial charge in [-0.15, -0.1) is 0 Å². The first-order chi connectivity index (χ1) is 5.71. The van der Waals surface area contributed by atoms with Crippen molar-refractivity contribution in [3.63, 3.8) is 0 Å². The summed E-state index contributed by atoms with van der Waals surface area (Å²) in [7, 11) is 0. The van der Waals surface area contributed by atoms with Gasteiger partial charge in [0.25, 0.3) is 0 Å². The average Bonchev–Trinajstić information content (AvgIpc) is 2.02. The molecule has 0 unspecified atom stereocenters. The van der Waals surface area contributed by atoms with E-state index in [0.717, 1.165) is 4.47 Å². The van der Waals surface area contributed by atoms with Gasteiger partial charge in [0.1, 0.15) is 5.54 Å². The van der Waals surface area contributed by atoms with Crippen LogP contribution in [0.15, 0.2) is 16.9 Å². The van der Waals surface area contributed by atoms with Crippen LogP contribution in [0.3, 0.4) is 0 Å². The van der Waals surface area contributed by atoms with Crippen molar-refractivity contribution in [3.05, 3.63) is 22.7 Å². The van der Waals surface area contributed by atoms with E-state index in [2.05, 4.69) is 25.9 Å². The normalized spacial score (nSPS) is 20.2. The second kappa shape index (κ2) is 2.76. The Labute approximate surface area is 78.3 Å². The number of nitrogens with two attached hydrogens (primary N) is 1. The standard InChI is InChI=1S/C7H8BrN3O/c8-5-1-10-6(11-2-5)7(9)3-12-4-7/h1-2H,3-4,9H2. The third-order valence-corrected chi connectivity index (χ3v) is 2.19. The van der Waals surface area contributed by atoms with Gasteiger partial charge in [0.2, 0.25) is 0 Å². The maximum Gasteiger partial charge on any atom is 0.152 e. The van der Waals surface area contributed by atoms with Crippen LogP contribution < -0.4 is 5.73 Å². The minimum atomic E-state index is -0.458. The summed E-state index contributed by atoms with van der Waals surface area (Å²) < 4.78 is 5.86. The third kappa shape index (κ3) is 1.24. The molecule has 64 valence electrons. The lowest BCUT2D eigenvalue weighted by Crippen LogP contribution is -2.55. The van der Waals surface area contributed by atoms with Gasteiger partial charge in [-0.1, -0.05) is 0 Å². The number of hydrogen-bond donors (Lipinski definition) is 1. The van der Waals surface area contributed by atoms with Gasteiger partial charge in [-0.05, 0) is 15.9 Å². The van der Waals surface area contributed by atoms with Crippen molar-refractivity contribution >= 4 is 15.9 Å². The molecule has 1 saturated heterocycles. The Morgan fingerprint density at radius 3 is 2.42 bits per heavy atom. The summed E-state index contributed by atoms with van der Waals surface area (Å²) in [4.78, 5) is 8.22. The van der Waals surface area contributed by atoms with Crippen molar-refractivity contribution in [2.45, 2.75) is 5.54 Å². The van der Waals surface area contributed by atoms with Crippen LogP contribution in [0.25, 0.3) is 0 Å².